The first-order valence-corrected chi connectivity index (χ1v) is 8.71. The van der Waals surface area contributed by atoms with Crippen molar-refractivity contribution in [1.82, 2.24) is 9.55 Å². The number of rotatable bonds is 2. The summed E-state index contributed by atoms with van der Waals surface area (Å²) in [7, 11) is 0. The number of aryl methyl sites for hydroxylation is 2. The number of aromatic hydroxyl groups is 1. The quantitative estimate of drug-likeness (QED) is 0.728. The summed E-state index contributed by atoms with van der Waals surface area (Å²) in [5.74, 6) is -1.53. The Bertz CT molecular complexity index is 1150. The average Bonchev–Trinajstić information content (AvgIpc) is 2.60. The fourth-order valence-corrected chi connectivity index (χ4v) is 3.68. The topological polar surface area (TPSA) is 84.2 Å². The van der Waals surface area contributed by atoms with Gasteiger partial charge in [0, 0.05) is 17.1 Å². The summed E-state index contributed by atoms with van der Waals surface area (Å²) in [6, 6.07) is 7.45. The zero-order valence-corrected chi connectivity index (χ0v) is 14.9. The Morgan fingerprint density at radius 3 is 2.89 bits per heavy atom. The molecule has 0 spiro atoms. The van der Waals surface area contributed by atoms with Crippen molar-refractivity contribution in [3.63, 3.8) is 0 Å². The zero-order valence-electron chi connectivity index (χ0n) is 14.9. The van der Waals surface area contributed by atoms with Gasteiger partial charge in [-0.2, -0.15) is 0 Å². The van der Waals surface area contributed by atoms with Crippen molar-refractivity contribution < 1.29 is 14.3 Å². The number of nitrogens with zero attached hydrogens (tertiary/aromatic N) is 2. The molecule has 1 aliphatic rings. The summed E-state index contributed by atoms with van der Waals surface area (Å²) in [5.41, 5.74) is 0.842. The van der Waals surface area contributed by atoms with Gasteiger partial charge >= 0.3 is 0 Å². The van der Waals surface area contributed by atoms with Gasteiger partial charge in [0.15, 0.2) is 0 Å². The number of hydrogen-bond acceptors (Lipinski definition) is 4. The molecular formula is C20H18FN3O3. The van der Waals surface area contributed by atoms with E-state index in [1.807, 2.05) is 6.92 Å². The van der Waals surface area contributed by atoms with Gasteiger partial charge in [-0.1, -0.05) is 6.07 Å². The second-order valence-corrected chi connectivity index (χ2v) is 6.87. The van der Waals surface area contributed by atoms with Gasteiger partial charge in [0.2, 0.25) is 0 Å². The van der Waals surface area contributed by atoms with E-state index in [1.54, 1.807) is 25.1 Å². The zero-order chi connectivity index (χ0) is 19.3. The third-order valence-electron chi connectivity index (χ3n) is 4.95. The highest BCUT2D eigenvalue weighted by atomic mass is 19.1. The van der Waals surface area contributed by atoms with Gasteiger partial charge in [-0.05, 0) is 56.5 Å². The molecule has 1 aromatic carbocycles. The van der Waals surface area contributed by atoms with Crippen molar-refractivity contribution in [1.29, 1.82) is 0 Å². The summed E-state index contributed by atoms with van der Waals surface area (Å²) in [6.07, 6.45) is 1.25. The van der Waals surface area contributed by atoms with Crippen LogP contribution in [0.15, 0.2) is 35.1 Å². The number of carbonyl (C=O) groups excluding carboxylic acids is 1. The van der Waals surface area contributed by atoms with Crippen LogP contribution in [0.2, 0.25) is 0 Å². The van der Waals surface area contributed by atoms with Crippen molar-refractivity contribution in [2.75, 3.05) is 5.32 Å². The second kappa shape index (κ2) is 6.19. The van der Waals surface area contributed by atoms with Gasteiger partial charge in [-0.15, -0.1) is 0 Å². The molecule has 3 heterocycles. The van der Waals surface area contributed by atoms with Crippen LogP contribution in [0.4, 0.5) is 10.2 Å². The lowest BCUT2D eigenvalue weighted by Crippen LogP contribution is -2.33. The molecular weight excluding hydrogens is 349 g/mol. The van der Waals surface area contributed by atoms with Gasteiger partial charge in [0.1, 0.15) is 22.9 Å². The van der Waals surface area contributed by atoms with E-state index in [-0.39, 0.29) is 17.2 Å². The lowest BCUT2D eigenvalue weighted by Gasteiger charge is -2.26. The summed E-state index contributed by atoms with van der Waals surface area (Å²) in [6.45, 7) is 3.64. The average molecular weight is 367 g/mol. The molecule has 0 aliphatic carbocycles. The Balaban J connectivity index is 1.94. The molecule has 27 heavy (non-hydrogen) atoms. The SMILES string of the molecule is Cc1cccc(NC(=O)c2c(O)c3cc(F)cc4c3n(c2=O)[C@H](C)CC4)n1. The minimum absolute atomic E-state index is 0.165. The maximum Gasteiger partial charge on any atom is 0.267 e. The molecule has 4 rings (SSSR count). The van der Waals surface area contributed by atoms with Crippen molar-refractivity contribution in [2.24, 2.45) is 0 Å². The highest BCUT2D eigenvalue weighted by molar-refractivity contribution is 6.09. The molecule has 1 atom stereocenters. The standard InChI is InChI=1S/C20H18FN3O3/c1-10-4-3-5-15(22-10)23-19(26)16-18(25)14-9-13(21)8-12-7-6-11(2)24(17(12)14)20(16)27/h3-5,8-9,11,25H,6-7H2,1-2H3,(H,22,23,26)/t11-/m1/s1. The Hall–Kier alpha value is -3.22. The summed E-state index contributed by atoms with van der Waals surface area (Å²) in [5, 5.41) is 13.4. The minimum Gasteiger partial charge on any atom is -0.506 e. The molecule has 6 nitrogen and oxygen atoms in total. The summed E-state index contributed by atoms with van der Waals surface area (Å²) in [4.78, 5) is 30.0. The van der Waals surface area contributed by atoms with Gasteiger partial charge in [0.05, 0.1) is 5.52 Å². The van der Waals surface area contributed by atoms with Crippen LogP contribution in [0.3, 0.4) is 0 Å². The number of hydrogen-bond donors (Lipinski definition) is 2. The lowest BCUT2D eigenvalue weighted by atomic mass is 9.95. The number of carbonyl (C=O) groups is 1. The maximum absolute atomic E-state index is 14.0. The van der Waals surface area contributed by atoms with E-state index in [4.69, 9.17) is 0 Å². The van der Waals surface area contributed by atoms with Gasteiger partial charge < -0.3 is 15.0 Å². The molecule has 1 amide bonds. The van der Waals surface area contributed by atoms with E-state index in [2.05, 4.69) is 10.3 Å². The fraction of sp³-hybridized carbons (Fsp3) is 0.250. The lowest BCUT2D eigenvalue weighted by molar-refractivity contribution is 0.102. The number of amides is 1. The molecule has 2 N–H and O–H groups in total. The van der Waals surface area contributed by atoms with E-state index in [0.717, 1.165) is 6.07 Å². The monoisotopic (exact) mass is 367 g/mol. The molecule has 0 fully saturated rings. The van der Waals surface area contributed by atoms with Gasteiger partial charge in [-0.25, -0.2) is 9.37 Å². The highest BCUT2D eigenvalue weighted by Crippen LogP contribution is 2.35. The largest absolute Gasteiger partial charge is 0.506 e. The molecule has 0 unspecified atom stereocenters. The highest BCUT2D eigenvalue weighted by Gasteiger charge is 2.28. The first-order valence-electron chi connectivity index (χ1n) is 8.71. The Morgan fingerprint density at radius 2 is 2.15 bits per heavy atom. The van der Waals surface area contributed by atoms with E-state index < -0.39 is 28.6 Å². The summed E-state index contributed by atoms with van der Waals surface area (Å²) < 4.78 is 15.5. The number of benzene rings is 1. The number of anilines is 1. The smallest absolute Gasteiger partial charge is 0.267 e. The van der Waals surface area contributed by atoms with Crippen LogP contribution in [0, 0.1) is 12.7 Å². The molecule has 3 aromatic rings. The Kier molecular flexibility index (Phi) is 3.95. The van der Waals surface area contributed by atoms with Crippen LogP contribution >= 0.6 is 0 Å². The van der Waals surface area contributed by atoms with E-state index in [0.29, 0.717) is 29.6 Å². The molecule has 0 saturated carbocycles. The van der Waals surface area contributed by atoms with Gasteiger partial charge in [-0.3, -0.25) is 9.59 Å². The molecule has 0 radical (unpaired) electrons. The van der Waals surface area contributed by atoms with Crippen LogP contribution in [0.5, 0.6) is 5.75 Å². The second-order valence-electron chi connectivity index (χ2n) is 6.87. The Morgan fingerprint density at radius 1 is 1.37 bits per heavy atom. The number of halogens is 1. The molecule has 7 heteroatoms. The van der Waals surface area contributed by atoms with Gasteiger partial charge in [0.25, 0.3) is 11.5 Å². The van der Waals surface area contributed by atoms with Crippen LogP contribution in [0.25, 0.3) is 10.9 Å². The summed E-state index contributed by atoms with van der Waals surface area (Å²) >= 11 is 0. The van der Waals surface area contributed by atoms with E-state index >= 15 is 0 Å². The van der Waals surface area contributed by atoms with E-state index in [1.165, 1.54) is 10.6 Å². The van der Waals surface area contributed by atoms with Crippen molar-refractivity contribution >= 4 is 22.6 Å². The van der Waals surface area contributed by atoms with Crippen LogP contribution in [-0.2, 0) is 6.42 Å². The fourth-order valence-electron chi connectivity index (χ4n) is 3.68. The number of aromatic nitrogens is 2. The van der Waals surface area contributed by atoms with Crippen molar-refractivity contribution in [3.05, 3.63) is 63.3 Å². The van der Waals surface area contributed by atoms with Crippen LogP contribution < -0.4 is 10.9 Å². The first kappa shape index (κ1) is 17.2. The van der Waals surface area contributed by atoms with Crippen LogP contribution in [-0.4, -0.2) is 20.6 Å². The van der Waals surface area contributed by atoms with Crippen molar-refractivity contribution in [2.45, 2.75) is 32.7 Å². The minimum atomic E-state index is -0.773. The molecule has 2 aromatic heterocycles. The Labute approximate surface area is 154 Å². The third-order valence-corrected chi connectivity index (χ3v) is 4.95. The van der Waals surface area contributed by atoms with Crippen LogP contribution in [0.1, 0.15) is 41.0 Å². The third kappa shape index (κ3) is 2.75. The normalized spacial score (nSPS) is 15.7. The predicted molar refractivity (Wildman–Crippen MR) is 99.8 cm³/mol. The molecule has 138 valence electrons. The molecule has 0 saturated heterocycles. The molecule has 1 aliphatic heterocycles. The number of pyridine rings is 2. The van der Waals surface area contributed by atoms with E-state index in [9.17, 15) is 19.1 Å². The van der Waals surface area contributed by atoms with Crippen molar-refractivity contribution in [3.8, 4) is 5.75 Å². The maximum atomic E-state index is 14.0. The number of nitrogens with one attached hydrogen (secondary N) is 1. The first-order chi connectivity index (χ1) is 12.9. The predicted octanol–water partition coefficient (Wildman–Crippen LogP) is 3.31. The molecule has 0 bridgehead atoms.